The summed E-state index contributed by atoms with van der Waals surface area (Å²) in [6, 6.07) is 31.7. The van der Waals surface area contributed by atoms with Crippen LogP contribution in [0.5, 0.6) is 11.5 Å². The van der Waals surface area contributed by atoms with E-state index in [1.807, 2.05) is 30.3 Å². The molecule has 0 aromatic heterocycles. The van der Waals surface area contributed by atoms with Crippen LogP contribution in [-0.2, 0) is 16.1 Å². The normalized spacial score (nSPS) is 18.1. The van der Waals surface area contributed by atoms with Crippen LogP contribution >= 0.6 is 0 Å². The molecule has 0 spiro atoms. The van der Waals surface area contributed by atoms with Gasteiger partial charge in [-0.1, -0.05) is 61.5 Å². The van der Waals surface area contributed by atoms with E-state index >= 15 is 0 Å². The number of hydrogen-bond donors (Lipinski definition) is 2. The number of allylic oxidation sites excluding steroid dienone is 1. The number of unbranched alkanes of at least 4 members (excludes halogenated alkanes) is 2. The Morgan fingerprint density at radius 3 is 2.23 bits per heavy atom. The number of benzene rings is 4. The first-order valence-electron chi connectivity index (χ1n) is 18.9. The van der Waals surface area contributed by atoms with Crippen molar-refractivity contribution < 1.29 is 24.2 Å². The number of anilines is 1. The number of nitrogens with zero attached hydrogens (tertiary/aromatic N) is 3. The second-order valence-corrected chi connectivity index (χ2v) is 14.1. The van der Waals surface area contributed by atoms with Crippen LogP contribution in [0.4, 0.5) is 5.69 Å². The number of rotatable bonds is 13. The highest BCUT2D eigenvalue weighted by molar-refractivity contribution is 6.05. The van der Waals surface area contributed by atoms with Crippen molar-refractivity contribution >= 4 is 34.6 Å². The molecule has 3 aliphatic rings. The zero-order chi connectivity index (χ0) is 36.7. The largest absolute Gasteiger partial charge is 0.508 e. The van der Waals surface area contributed by atoms with Gasteiger partial charge in [0.1, 0.15) is 17.5 Å². The fourth-order valence-corrected chi connectivity index (χ4v) is 7.82. The minimum atomic E-state index is -0.591. The van der Waals surface area contributed by atoms with E-state index in [1.54, 1.807) is 17.0 Å². The number of piperidine rings is 1. The number of aromatic hydroxyl groups is 1. The maximum absolute atomic E-state index is 13.1. The molecule has 3 aliphatic heterocycles. The number of imide groups is 1. The van der Waals surface area contributed by atoms with Crippen LogP contribution in [0.15, 0.2) is 97.1 Å². The number of hydrogen-bond acceptors (Lipinski definition) is 7. The Hall–Kier alpha value is -5.41. The summed E-state index contributed by atoms with van der Waals surface area (Å²) >= 11 is 0. The molecule has 7 rings (SSSR count). The maximum atomic E-state index is 13.1. The average Bonchev–Trinajstić information content (AvgIpc) is 3.51. The molecule has 4 aromatic carbocycles. The molecule has 2 saturated heterocycles. The topological polar surface area (TPSA) is 102 Å². The fourth-order valence-electron chi connectivity index (χ4n) is 7.82. The van der Waals surface area contributed by atoms with E-state index in [0.717, 1.165) is 92.1 Å². The average molecular weight is 713 g/mol. The number of phenols is 1. The molecule has 4 aromatic rings. The van der Waals surface area contributed by atoms with Gasteiger partial charge in [-0.2, -0.15) is 0 Å². The molecule has 9 nitrogen and oxygen atoms in total. The van der Waals surface area contributed by atoms with Crippen molar-refractivity contribution in [1.29, 1.82) is 0 Å². The van der Waals surface area contributed by atoms with E-state index in [1.165, 1.54) is 11.1 Å². The van der Waals surface area contributed by atoms with E-state index in [4.69, 9.17) is 4.74 Å². The summed E-state index contributed by atoms with van der Waals surface area (Å²) in [6.45, 7) is 8.17. The number of carbonyl (C=O) groups is 3. The lowest BCUT2D eigenvalue weighted by molar-refractivity contribution is -0.136. The van der Waals surface area contributed by atoms with Crippen LogP contribution in [-0.4, -0.2) is 78.0 Å². The highest BCUT2D eigenvalue weighted by Gasteiger charge is 2.39. The SMILES string of the molecule is CCC(=C(c1ccc(O)cc1)c1ccc(OCCCCCN2CCN(c3ccc4c(c3)CN(C3CCC(=O)NC3=O)C4=O)CC2)cc1)c1ccccc1. The number of ether oxygens (including phenoxy) is 1. The third-order valence-electron chi connectivity index (χ3n) is 10.7. The minimum absolute atomic E-state index is 0.132. The van der Waals surface area contributed by atoms with Crippen LogP contribution in [0.3, 0.4) is 0 Å². The molecule has 9 heteroatoms. The van der Waals surface area contributed by atoms with Crippen molar-refractivity contribution in [2.45, 2.75) is 58.0 Å². The third kappa shape index (κ3) is 8.31. The van der Waals surface area contributed by atoms with Gasteiger partial charge in [-0.25, -0.2) is 0 Å². The zero-order valence-electron chi connectivity index (χ0n) is 30.4. The number of nitrogens with one attached hydrogen (secondary N) is 1. The molecule has 1 atom stereocenters. The fraction of sp³-hybridized carbons (Fsp3) is 0.341. The van der Waals surface area contributed by atoms with Gasteiger partial charge in [-0.15, -0.1) is 0 Å². The molecule has 0 saturated carbocycles. The second kappa shape index (κ2) is 16.5. The Morgan fingerprint density at radius 2 is 1.53 bits per heavy atom. The van der Waals surface area contributed by atoms with Crippen molar-refractivity contribution in [1.82, 2.24) is 15.1 Å². The first-order chi connectivity index (χ1) is 25.9. The quantitative estimate of drug-likeness (QED) is 0.0885. The van der Waals surface area contributed by atoms with E-state index < -0.39 is 6.04 Å². The molecule has 0 radical (unpaired) electrons. The lowest BCUT2D eigenvalue weighted by Gasteiger charge is -2.36. The molecular weight excluding hydrogens is 665 g/mol. The zero-order valence-corrected chi connectivity index (χ0v) is 30.4. The van der Waals surface area contributed by atoms with Crippen LogP contribution in [0.25, 0.3) is 11.1 Å². The Morgan fingerprint density at radius 1 is 0.811 bits per heavy atom. The molecule has 3 heterocycles. The van der Waals surface area contributed by atoms with Crippen molar-refractivity contribution in [3.63, 3.8) is 0 Å². The molecular formula is C44H48N4O5. The Balaban J connectivity index is 0.852. The number of amides is 3. The van der Waals surface area contributed by atoms with Gasteiger partial charge in [0.05, 0.1) is 6.61 Å². The lowest BCUT2D eigenvalue weighted by Crippen LogP contribution is -2.52. The smallest absolute Gasteiger partial charge is 0.255 e. The minimum Gasteiger partial charge on any atom is -0.508 e. The predicted molar refractivity (Wildman–Crippen MR) is 208 cm³/mol. The van der Waals surface area contributed by atoms with Gasteiger partial charge < -0.3 is 19.6 Å². The summed E-state index contributed by atoms with van der Waals surface area (Å²) < 4.78 is 6.15. The van der Waals surface area contributed by atoms with Crippen LogP contribution in [0.1, 0.15) is 78.1 Å². The van der Waals surface area contributed by atoms with Crippen molar-refractivity contribution in [3.05, 3.63) is 125 Å². The first kappa shape index (κ1) is 36.0. The van der Waals surface area contributed by atoms with Gasteiger partial charge in [0.2, 0.25) is 11.8 Å². The van der Waals surface area contributed by atoms with Crippen LogP contribution in [0, 0.1) is 0 Å². The molecule has 1 unspecified atom stereocenters. The number of carbonyl (C=O) groups excluding carboxylic acids is 3. The third-order valence-corrected chi connectivity index (χ3v) is 10.7. The van der Waals surface area contributed by atoms with Gasteiger partial charge in [-0.3, -0.25) is 24.6 Å². The van der Waals surface area contributed by atoms with Gasteiger partial charge in [0.25, 0.3) is 5.91 Å². The van der Waals surface area contributed by atoms with E-state index in [-0.39, 0.29) is 29.9 Å². The molecule has 274 valence electrons. The number of phenolic OH excluding ortho intramolecular Hbond substituents is 1. The van der Waals surface area contributed by atoms with Gasteiger partial charge in [-0.05, 0) is 115 Å². The maximum Gasteiger partial charge on any atom is 0.255 e. The standard InChI is InChI=1S/C44H48N4O5/c1-2-38(31-9-5-3-6-10-31)42(32-11-16-36(49)17-12-32)33-13-18-37(19-14-33)53-28-8-4-7-23-46-24-26-47(27-25-46)35-15-20-39-34(29-35)30-48(44(39)52)40-21-22-41(50)45-43(40)51/h3,5-6,9-20,29,40,49H,2,4,7-8,21-28,30H2,1H3,(H,45,50,51). The molecule has 3 amide bonds. The van der Waals surface area contributed by atoms with E-state index in [0.29, 0.717) is 25.1 Å². The summed E-state index contributed by atoms with van der Waals surface area (Å²) in [4.78, 5) is 43.6. The van der Waals surface area contributed by atoms with Crippen LogP contribution in [0.2, 0.25) is 0 Å². The molecule has 2 N–H and O–H groups in total. The highest BCUT2D eigenvalue weighted by atomic mass is 16.5. The molecule has 53 heavy (non-hydrogen) atoms. The van der Waals surface area contributed by atoms with E-state index in [9.17, 15) is 19.5 Å². The van der Waals surface area contributed by atoms with E-state index in [2.05, 4.69) is 76.6 Å². The predicted octanol–water partition coefficient (Wildman–Crippen LogP) is 6.89. The highest BCUT2D eigenvalue weighted by Crippen LogP contribution is 2.36. The second-order valence-electron chi connectivity index (χ2n) is 14.1. The van der Waals surface area contributed by atoms with Crippen molar-refractivity contribution in [2.24, 2.45) is 0 Å². The first-order valence-corrected chi connectivity index (χ1v) is 18.9. The Kier molecular flexibility index (Phi) is 11.2. The molecule has 0 bridgehead atoms. The van der Waals surface area contributed by atoms with Gasteiger partial charge >= 0.3 is 0 Å². The van der Waals surface area contributed by atoms with Crippen molar-refractivity contribution in [3.8, 4) is 11.5 Å². The number of piperazine rings is 1. The van der Waals surface area contributed by atoms with Crippen LogP contribution < -0.4 is 15.0 Å². The summed E-state index contributed by atoms with van der Waals surface area (Å²) in [7, 11) is 0. The number of fused-ring (bicyclic) bond motifs is 1. The van der Waals surface area contributed by atoms with Crippen molar-refractivity contribution in [2.75, 3.05) is 44.2 Å². The summed E-state index contributed by atoms with van der Waals surface area (Å²) in [5, 5.41) is 12.3. The molecule has 0 aliphatic carbocycles. The summed E-state index contributed by atoms with van der Waals surface area (Å²) in [5.41, 5.74) is 8.51. The molecule has 2 fully saturated rings. The summed E-state index contributed by atoms with van der Waals surface area (Å²) in [5.74, 6) is 0.340. The Bertz CT molecular complexity index is 1950. The monoisotopic (exact) mass is 712 g/mol. The summed E-state index contributed by atoms with van der Waals surface area (Å²) in [6.07, 6.45) is 4.73. The van der Waals surface area contributed by atoms with Gasteiger partial charge in [0.15, 0.2) is 0 Å². The van der Waals surface area contributed by atoms with Gasteiger partial charge in [0, 0.05) is 50.4 Å². The Labute approximate surface area is 311 Å². The lowest BCUT2D eigenvalue weighted by atomic mass is 9.88.